The second kappa shape index (κ2) is 6.06. The number of hydrogen-bond acceptors (Lipinski definition) is 3. The van der Waals surface area contributed by atoms with Gasteiger partial charge in [-0.1, -0.05) is 12.1 Å². The van der Waals surface area contributed by atoms with Gasteiger partial charge in [-0.2, -0.15) is 5.10 Å². The highest BCUT2D eigenvalue weighted by molar-refractivity contribution is 5.22. The van der Waals surface area contributed by atoms with E-state index in [1.807, 2.05) is 23.0 Å². The van der Waals surface area contributed by atoms with Crippen molar-refractivity contribution in [3.63, 3.8) is 0 Å². The van der Waals surface area contributed by atoms with E-state index in [1.54, 1.807) is 0 Å². The van der Waals surface area contributed by atoms with E-state index in [0.29, 0.717) is 13.0 Å². The maximum Gasteiger partial charge on any atom is 0.123 e. The highest BCUT2D eigenvalue weighted by atomic mass is 19.1. The molecule has 1 aliphatic heterocycles. The van der Waals surface area contributed by atoms with Crippen molar-refractivity contribution >= 4 is 0 Å². The molecular formula is C18H24FN3O. The number of likely N-dealkylation sites (tertiary alicyclic amines) is 1. The summed E-state index contributed by atoms with van der Waals surface area (Å²) in [5, 5.41) is 14.5. The molecule has 4 nitrogen and oxygen atoms in total. The van der Waals surface area contributed by atoms with Crippen molar-refractivity contribution in [2.45, 2.75) is 51.4 Å². The first-order chi connectivity index (χ1) is 10.8. The summed E-state index contributed by atoms with van der Waals surface area (Å²) in [4.78, 5) is 2.24. The van der Waals surface area contributed by atoms with Crippen LogP contribution in [0.25, 0.3) is 0 Å². The molecule has 0 spiro atoms. The molecule has 1 N–H and O–H groups in total. The molecule has 1 saturated heterocycles. The zero-order valence-corrected chi connectivity index (χ0v) is 13.9. The zero-order chi connectivity index (χ0) is 16.6. The van der Waals surface area contributed by atoms with Gasteiger partial charge in [0, 0.05) is 30.9 Å². The number of aromatic nitrogens is 2. The van der Waals surface area contributed by atoms with E-state index in [9.17, 15) is 9.50 Å². The van der Waals surface area contributed by atoms with Crippen LogP contribution in [0, 0.1) is 5.82 Å². The Hall–Kier alpha value is -1.72. The van der Waals surface area contributed by atoms with Crippen molar-refractivity contribution < 1.29 is 9.50 Å². The highest BCUT2D eigenvalue weighted by Crippen LogP contribution is 2.33. The Labute approximate surface area is 136 Å². The van der Waals surface area contributed by atoms with Gasteiger partial charge >= 0.3 is 0 Å². The van der Waals surface area contributed by atoms with Crippen molar-refractivity contribution in [1.29, 1.82) is 0 Å². The predicted molar refractivity (Wildman–Crippen MR) is 87.4 cm³/mol. The summed E-state index contributed by atoms with van der Waals surface area (Å²) >= 11 is 0. The van der Waals surface area contributed by atoms with Gasteiger partial charge < -0.3 is 5.11 Å². The predicted octanol–water partition coefficient (Wildman–Crippen LogP) is 3.09. The molecular weight excluding hydrogens is 293 g/mol. The number of aliphatic hydroxyl groups excluding tert-OH is 1. The molecule has 1 aromatic carbocycles. The number of rotatable bonds is 3. The fraction of sp³-hybridized carbons (Fsp3) is 0.500. The molecule has 1 fully saturated rings. The molecule has 3 rings (SSSR count). The molecule has 2 atom stereocenters. The third-order valence-corrected chi connectivity index (χ3v) is 4.35. The Kier molecular flexibility index (Phi) is 4.25. The first-order valence-electron chi connectivity index (χ1n) is 8.04. The Morgan fingerprint density at radius 1 is 1.26 bits per heavy atom. The lowest BCUT2D eigenvalue weighted by molar-refractivity contribution is 0.172. The first kappa shape index (κ1) is 16.1. The van der Waals surface area contributed by atoms with Crippen molar-refractivity contribution in [2.75, 3.05) is 6.54 Å². The SMILES string of the molecule is CC(C)(C)n1cc(CN2C[C@H](O)C[C@H]2c2ccc(F)cc2)cn1. The lowest BCUT2D eigenvalue weighted by Gasteiger charge is -2.24. The summed E-state index contributed by atoms with van der Waals surface area (Å²) in [6, 6.07) is 6.70. The molecule has 0 radical (unpaired) electrons. The number of β-amino-alcohol motifs (C(OH)–C–C–N with tert-alkyl or cyclic N) is 1. The molecule has 0 saturated carbocycles. The van der Waals surface area contributed by atoms with Crippen LogP contribution in [-0.4, -0.2) is 32.4 Å². The van der Waals surface area contributed by atoms with Gasteiger partial charge in [-0.05, 0) is 44.9 Å². The van der Waals surface area contributed by atoms with Crippen LogP contribution in [0.2, 0.25) is 0 Å². The maximum absolute atomic E-state index is 13.1. The van der Waals surface area contributed by atoms with Crippen molar-refractivity contribution in [2.24, 2.45) is 0 Å². The van der Waals surface area contributed by atoms with Gasteiger partial charge in [0.15, 0.2) is 0 Å². The minimum Gasteiger partial charge on any atom is -0.392 e. The topological polar surface area (TPSA) is 41.3 Å². The molecule has 1 aliphatic rings. The van der Waals surface area contributed by atoms with Crippen LogP contribution in [0.3, 0.4) is 0 Å². The fourth-order valence-electron chi connectivity index (χ4n) is 3.13. The standard InChI is InChI=1S/C18H24FN3O/c1-18(2,3)22-11-13(9-20-22)10-21-12-16(23)8-17(21)14-4-6-15(19)7-5-14/h4-7,9,11,16-17,23H,8,10,12H2,1-3H3/t16-,17+/m1/s1. The Bertz CT molecular complexity index is 660. The molecule has 0 bridgehead atoms. The third-order valence-electron chi connectivity index (χ3n) is 4.35. The Morgan fingerprint density at radius 2 is 1.96 bits per heavy atom. The quantitative estimate of drug-likeness (QED) is 0.946. The lowest BCUT2D eigenvalue weighted by atomic mass is 10.0. The van der Waals surface area contributed by atoms with E-state index in [-0.39, 0.29) is 23.5 Å². The van der Waals surface area contributed by atoms with Crippen LogP contribution in [0.1, 0.15) is 44.4 Å². The molecule has 23 heavy (non-hydrogen) atoms. The summed E-state index contributed by atoms with van der Waals surface area (Å²) in [6.07, 6.45) is 4.28. The van der Waals surface area contributed by atoms with Crippen LogP contribution in [0.4, 0.5) is 4.39 Å². The van der Waals surface area contributed by atoms with Gasteiger partial charge in [-0.25, -0.2) is 4.39 Å². The van der Waals surface area contributed by atoms with Gasteiger partial charge in [0.1, 0.15) is 5.82 Å². The first-order valence-corrected chi connectivity index (χ1v) is 8.04. The van der Waals surface area contributed by atoms with Crippen LogP contribution in [-0.2, 0) is 12.1 Å². The molecule has 5 heteroatoms. The van der Waals surface area contributed by atoms with Crippen LogP contribution in [0.5, 0.6) is 0 Å². The normalized spacial score (nSPS) is 22.7. The Balaban J connectivity index is 1.77. The van der Waals surface area contributed by atoms with E-state index >= 15 is 0 Å². The molecule has 0 unspecified atom stereocenters. The van der Waals surface area contributed by atoms with Crippen LogP contribution < -0.4 is 0 Å². The van der Waals surface area contributed by atoms with Crippen LogP contribution in [0.15, 0.2) is 36.7 Å². The van der Waals surface area contributed by atoms with Gasteiger partial charge in [-0.15, -0.1) is 0 Å². The number of aliphatic hydroxyl groups is 1. The second-order valence-corrected chi connectivity index (χ2v) is 7.35. The summed E-state index contributed by atoms with van der Waals surface area (Å²) in [6.45, 7) is 7.71. The maximum atomic E-state index is 13.1. The highest BCUT2D eigenvalue weighted by Gasteiger charge is 2.32. The third kappa shape index (κ3) is 3.62. The number of benzene rings is 1. The summed E-state index contributed by atoms with van der Waals surface area (Å²) < 4.78 is 15.1. The number of hydrogen-bond donors (Lipinski definition) is 1. The van der Waals surface area contributed by atoms with E-state index in [0.717, 1.165) is 17.7 Å². The van der Waals surface area contributed by atoms with E-state index in [2.05, 4.69) is 37.0 Å². The van der Waals surface area contributed by atoms with E-state index in [4.69, 9.17) is 0 Å². The summed E-state index contributed by atoms with van der Waals surface area (Å²) in [5.74, 6) is -0.231. The average molecular weight is 317 g/mol. The monoisotopic (exact) mass is 317 g/mol. The molecule has 0 amide bonds. The van der Waals surface area contributed by atoms with Crippen LogP contribution >= 0.6 is 0 Å². The van der Waals surface area contributed by atoms with E-state index < -0.39 is 0 Å². The second-order valence-electron chi connectivity index (χ2n) is 7.35. The smallest absolute Gasteiger partial charge is 0.123 e. The molecule has 2 heterocycles. The van der Waals surface area contributed by atoms with Crippen molar-refractivity contribution in [3.05, 3.63) is 53.6 Å². The van der Waals surface area contributed by atoms with Gasteiger partial charge in [0.25, 0.3) is 0 Å². The summed E-state index contributed by atoms with van der Waals surface area (Å²) in [5.41, 5.74) is 2.13. The lowest BCUT2D eigenvalue weighted by Crippen LogP contribution is -2.24. The zero-order valence-electron chi connectivity index (χ0n) is 13.9. The molecule has 0 aliphatic carbocycles. The van der Waals surface area contributed by atoms with Crippen molar-refractivity contribution in [3.8, 4) is 0 Å². The minimum absolute atomic E-state index is 0.0425. The molecule has 2 aromatic rings. The Morgan fingerprint density at radius 3 is 2.57 bits per heavy atom. The molecule has 124 valence electrons. The number of nitrogens with zero attached hydrogens (tertiary/aromatic N) is 3. The van der Waals surface area contributed by atoms with Crippen molar-refractivity contribution in [1.82, 2.24) is 14.7 Å². The summed E-state index contributed by atoms with van der Waals surface area (Å²) in [7, 11) is 0. The molecule has 1 aromatic heterocycles. The minimum atomic E-state index is -0.345. The largest absolute Gasteiger partial charge is 0.392 e. The van der Waals surface area contributed by atoms with Gasteiger partial charge in [-0.3, -0.25) is 9.58 Å². The van der Waals surface area contributed by atoms with Gasteiger partial charge in [0.2, 0.25) is 0 Å². The average Bonchev–Trinajstić information content (AvgIpc) is 3.07. The van der Waals surface area contributed by atoms with E-state index in [1.165, 1.54) is 12.1 Å². The number of halogens is 1. The fourth-order valence-corrected chi connectivity index (χ4v) is 3.13. The van der Waals surface area contributed by atoms with Gasteiger partial charge in [0.05, 0.1) is 17.8 Å².